The molecule has 7 heteroatoms. The summed E-state index contributed by atoms with van der Waals surface area (Å²) in [6, 6.07) is 0. The summed E-state index contributed by atoms with van der Waals surface area (Å²) in [5.74, 6) is 0. The number of H-pyrrole nitrogens is 1. The van der Waals surface area contributed by atoms with Gasteiger partial charge in [-0.05, 0) is 0 Å². The Balaban J connectivity index is 2.91. The van der Waals surface area contributed by atoms with Crippen molar-refractivity contribution in [1.82, 2.24) is 10.2 Å². The summed E-state index contributed by atoms with van der Waals surface area (Å²) < 4.78 is 0. The minimum atomic E-state index is -0.598. The molecule has 12 heavy (non-hydrogen) atoms. The Morgan fingerprint density at radius 3 is 3.17 bits per heavy atom. The lowest BCUT2D eigenvalue weighted by molar-refractivity contribution is -0.385. The lowest BCUT2D eigenvalue weighted by atomic mass is 10.4. The molecule has 0 aliphatic carbocycles. The van der Waals surface area contributed by atoms with Crippen LogP contribution in [0.2, 0.25) is 0 Å². The number of aromatic amines is 1. The Morgan fingerprint density at radius 1 is 1.83 bits per heavy atom. The summed E-state index contributed by atoms with van der Waals surface area (Å²) in [6.07, 6.45) is 2.34. The molecule has 0 unspecified atom stereocenters. The minimum Gasteiger partial charge on any atom is -0.274 e. The molecule has 0 fully saturated rings. The third kappa shape index (κ3) is 1.53. The van der Waals surface area contributed by atoms with E-state index in [1.807, 2.05) is 0 Å². The molecule has 0 bridgehead atoms. The maximum atomic E-state index is 10.3. The molecule has 0 radical (unpaired) electrons. The van der Waals surface area contributed by atoms with Crippen LogP contribution in [0.1, 0.15) is 5.69 Å². The van der Waals surface area contributed by atoms with Crippen molar-refractivity contribution in [2.75, 3.05) is 0 Å². The third-order valence-corrected chi connectivity index (χ3v) is 1.19. The van der Waals surface area contributed by atoms with Crippen LogP contribution < -0.4 is 0 Å². The monoisotopic (exact) mass is 168 g/mol. The highest BCUT2D eigenvalue weighted by Gasteiger charge is 2.14. The molecule has 0 atom stereocenters. The summed E-state index contributed by atoms with van der Waals surface area (Å²) >= 11 is 0. The second-order valence-electron chi connectivity index (χ2n) is 1.90. The SMILES string of the molecule is O=C=NCc1[nH]ncc1[N+](=O)[O-]. The fraction of sp³-hybridized carbons (Fsp3) is 0.200. The van der Waals surface area contributed by atoms with E-state index in [0.29, 0.717) is 0 Å². The van der Waals surface area contributed by atoms with Gasteiger partial charge < -0.3 is 0 Å². The molecule has 62 valence electrons. The number of hydrogen-bond donors (Lipinski definition) is 1. The first-order valence-electron chi connectivity index (χ1n) is 2.96. The van der Waals surface area contributed by atoms with Gasteiger partial charge in [-0.2, -0.15) is 10.1 Å². The Hall–Kier alpha value is -2.01. The molecular formula is C5H4N4O3. The number of nitrogens with one attached hydrogen (secondary N) is 1. The van der Waals surface area contributed by atoms with Crippen molar-refractivity contribution in [2.45, 2.75) is 6.54 Å². The van der Waals surface area contributed by atoms with Gasteiger partial charge >= 0.3 is 5.69 Å². The van der Waals surface area contributed by atoms with Crippen molar-refractivity contribution in [1.29, 1.82) is 0 Å². The molecule has 0 amide bonds. The number of carbonyl (C=O) groups excluding carboxylic acids is 1. The molecule has 0 aliphatic heterocycles. The van der Waals surface area contributed by atoms with E-state index < -0.39 is 4.92 Å². The zero-order valence-corrected chi connectivity index (χ0v) is 5.85. The van der Waals surface area contributed by atoms with Gasteiger partial charge in [-0.25, -0.2) is 4.79 Å². The van der Waals surface area contributed by atoms with E-state index in [0.717, 1.165) is 6.20 Å². The summed E-state index contributed by atoms with van der Waals surface area (Å²) in [7, 11) is 0. The Kier molecular flexibility index (Phi) is 2.29. The summed E-state index contributed by atoms with van der Waals surface area (Å²) in [5, 5.41) is 16.0. The fourth-order valence-corrected chi connectivity index (χ4v) is 0.692. The molecule has 1 heterocycles. The second-order valence-corrected chi connectivity index (χ2v) is 1.90. The predicted molar refractivity (Wildman–Crippen MR) is 37.1 cm³/mol. The number of hydrogen-bond acceptors (Lipinski definition) is 5. The van der Waals surface area contributed by atoms with Gasteiger partial charge in [0.2, 0.25) is 6.08 Å². The van der Waals surface area contributed by atoms with Gasteiger partial charge in [0.1, 0.15) is 18.4 Å². The molecule has 0 spiro atoms. The molecule has 0 saturated carbocycles. The number of nitro groups is 1. The zero-order valence-electron chi connectivity index (χ0n) is 5.85. The molecule has 1 aromatic heterocycles. The van der Waals surface area contributed by atoms with E-state index in [2.05, 4.69) is 15.2 Å². The largest absolute Gasteiger partial charge is 0.311 e. The number of isocyanates is 1. The van der Waals surface area contributed by atoms with Crippen LogP contribution in [0, 0.1) is 10.1 Å². The van der Waals surface area contributed by atoms with Crippen LogP contribution in [-0.4, -0.2) is 21.2 Å². The van der Waals surface area contributed by atoms with Gasteiger partial charge in [0.25, 0.3) is 0 Å². The van der Waals surface area contributed by atoms with Crippen molar-refractivity contribution in [2.24, 2.45) is 4.99 Å². The van der Waals surface area contributed by atoms with Gasteiger partial charge in [0, 0.05) is 0 Å². The zero-order chi connectivity index (χ0) is 8.97. The fourth-order valence-electron chi connectivity index (χ4n) is 0.692. The van der Waals surface area contributed by atoms with Gasteiger partial charge in [-0.15, -0.1) is 0 Å². The van der Waals surface area contributed by atoms with Crippen LogP contribution in [0.5, 0.6) is 0 Å². The van der Waals surface area contributed by atoms with Crippen molar-refractivity contribution in [3.8, 4) is 0 Å². The number of aromatic nitrogens is 2. The average Bonchev–Trinajstić information content (AvgIpc) is 2.48. The van der Waals surface area contributed by atoms with Gasteiger partial charge in [0.15, 0.2) is 0 Å². The van der Waals surface area contributed by atoms with Crippen molar-refractivity contribution < 1.29 is 9.72 Å². The van der Waals surface area contributed by atoms with E-state index >= 15 is 0 Å². The van der Waals surface area contributed by atoms with E-state index in [-0.39, 0.29) is 17.9 Å². The Bertz CT molecular complexity index is 338. The summed E-state index contributed by atoms with van der Waals surface area (Å²) in [6.45, 7) is -0.0974. The van der Waals surface area contributed by atoms with Gasteiger partial charge in [-0.1, -0.05) is 0 Å². The molecule has 1 rings (SSSR count). The molecule has 0 aromatic carbocycles. The predicted octanol–water partition coefficient (Wildman–Crippen LogP) is 0.154. The molecule has 1 N–H and O–H groups in total. The van der Waals surface area contributed by atoms with Crippen LogP contribution in [0.25, 0.3) is 0 Å². The minimum absolute atomic E-state index is 0.0974. The maximum absolute atomic E-state index is 10.3. The number of aliphatic imine (C=N–C) groups is 1. The normalized spacial score (nSPS) is 9.00. The highest BCUT2D eigenvalue weighted by Crippen LogP contribution is 2.14. The lowest BCUT2D eigenvalue weighted by Gasteiger charge is -1.87. The molecule has 0 aliphatic rings. The van der Waals surface area contributed by atoms with E-state index in [1.165, 1.54) is 6.08 Å². The van der Waals surface area contributed by atoms with Gasteiger partial charge in [-0.3, -0.25) is 15.2 Å². The van der Waals surface area contributed by atoms with E-state index in [9.17, 15) is 14.9 Å². The summed E-state index contributed by atoms with van der Waals surface area (Å²) in [5.41, 5.74) is 0.0253. The maximum Gasteiger partial charge on any atom is 0.311 e. The quantitative estimate of drug-likeness (QED) is 0.300. The van der Waals surface area contributed by atoms with Crippen LogP contribution in [-0.2, 0) is 11.3 Å². The van der Waals surface area contributed by atoms with Crippen molar-refractivity contribution in [3.63, 3.8) is 0 Å². The number of rotatable bonds is 3. The lowest BCUT2D eigenvalue weighted by Crippen LogP contribution is -1.91. The standard InChI is InChI=1S/C5H4N4O3/c10-3-6-1-4-5(9(11)12)2-7-8-4/h2H,1H2,(H,7,8). The molecule has 1 aromatic rings. The number of nitrogens with zero attached hydrogens (tertiary/aromatic N) is 3. The molecular weight excluding hydrogens is 164 g/mol. The topological polar surface area (TPSA) is 101 Å². The first-order valence-corrected chi connectivity index (χ1v) is 2.96. The van der Waals surface area contributed by atoms with E-state index in [1.54, 1.807) is 0 Å². The molecule has 7 nitrogen and oxygen atoms in total. The van der Waals surface area contributed by atoms with Crippen molar-refractivity contribution >= 4 is 11.8 Å². The molecule has 0 saturated heterocycles. The highest BCUT2D eigenvalue weighted by atomic mass is 16.6. The van der Waals surface area contributed by atoms with E-state index in [4.69, 9.17) is 0 Å². The first kappa shape index (κ1) is 8.09. The third-order valence-electron chi connectivity index (χ3n) is 1.19. The van der Waals surface area contributed by atoms with Gasteiger partial charge in [0.05, 0.1) is 4.92 Å². The second kappa shape index (κ2) is 3.40. The Morgan fingerprint density at radius 2 is 2.58 bits per heavy atom. The van der Waals surface area contributed by atoms with Crippen LogP contribution >= 0.6 is 0 Å². The summed E-state index contributed by atoms with van der Waals surface area (Å²) in [4.78, 5) is 22.5. The average molecular weight is 168 g/mol. The van der Waals surface area contributed by atoms with Crippen LogP contribution in [0.3, 0.4) is 0 Å². The van der Waals surface area contributed by atoms with Crippen LogP contribution in [0.4, 0.5) is 5.69 Å². The highest BCUT2D eigenvalue weighted by molar-refractivity contribution is 5.36. The Labute approximate surface area is 66.3 Å². The first-order chi connectivity index (χ1) is 5.75. The van der Waals surface area contributed by atoms with Crippen LogP contribution in [0.15, 0.2) is 11.2 Å². The van der Waals surface area contributed by atoms with Crippen molar-refractivity contribution in [3.05, 3.63) is 22.0 Å². The smallest absolute Gasteiger partial charge is 0.274 e.